The van der Waals surface area contributed by atoms with Crippen LogP contribution in [0.3, 0.4) is 0 Å². The quantitative estimate of drug-likeness (QED) is 0.607. The molecule has 0 spiro atoms. The molecule has 0 aliphatic carbocycles. The minimum atomic E-state index is 0.538. The number of aromatic amines is 1. The highest BCUT2D eigenvalue weighted by atomic mass is 15.0. The minimum Gasteiger partial charge on any atom is -0.341 e. The minimum absolute atomic E-state index is 0.538. The molecule has 6 heteroatoms. The van der Waals surface area contributed by atoms with Crippen LogP contribution in [0.15, 0.2) is 55.1 Å². The molecule has 0 unspecified atom stereocenters. The Hall–Kier alpha value is -3.15. The summed E-state index contributed by atoms with van der Waals surface area (Å²) in [6.45, 7) is 0. The summed E-state index contributed by atoms with van der Waals surface area (Å²) in [5.41, 5.74) is 3.57. The maximum Gasteiger partial charge on any atom is 0.181 e. The molecule has 0 fully saturated rings. The van der Waals surface area contributed by atoms with Crippen LogP contribution in [0.25, 0.3) is 34.1 Å². The largest absolute Gasteiger partial charge is 0.341 e. The number of nitrogens with one attached hydrogen (secondary N) is 1. The Balaban J connectivity index is 2.00. The molecule has 6 nitrogen and oxygen atoms in total. The summed E-state index contributed by atoms with van der Waals surface area (Å²) < 4.78 is 0. The monoisotopic (exact) mass is 274 g/mol. The van der Waals surface area contributed by atoms with Gasteiger partial charge in [-0.2, -0.15) is 0 Å². The summed E-state index contributed by atoms with van der Waals surface area (Å²) >= 11 is 0. The summed E-state index contributed by atoms with van der Waals surface area (Å²) in [6.07, 6.45) is 5.06. The summed E-state index contributed by atoms with van der Waals surface area (Å²) in [4.78, 5) is 25.0. The summed E-state index contributed by atoms with van der Waals surface area (Å²) in [6, 6.07) is 11.3. The van der Waals surface area contributed by atoms with E-state index in [0.717, 1.165) is 16.9 Å². The van der Waals surface area contributed by atoms with Crippen LogP contribution >= 0.6 is 0 Å². The van der Waals surface area contributed by atoms with Crippen LogP contribution in [-0.4, -0.2) is 29.9 Å². The van der Waals surface area contributed by atoms with Gasteiger partial charge < -0.3 is 4.98 Å². The van der Waals surface area contributed by atoms with Gasteiger partial charge in [-0.15, -0.1) is 0 Å². The van der Waals surface area contributed by atoms with Crippen molar-refractivity contribution in [2.75, 3.05) is 0 Å². The number of aromatic nitrogens is 6. The molecule has 0 aliphatic heterocycles. The third kappa shape index (κ3) is 2.02. The molecule has 1 N–H and O–H groups in total. The van der Waals surface area contributed by atoms with Crippen molar-refractivity contribution < 1.29 is 0 Å². The first-order valence-electron chi connectivity index (χ1n) is 6.46. The van der Waals surface area contributed by atoms with Gasteiger partial charge in [0.1, 0.15) is 16.9 Å². The molecule has 4 aromatic rings. The van der Waals surface area contributed by atoms with Gasteiger partial charge in [0.25, 0.3) is 0 Å². The summed E-state index contributed by atoms with van der Waals surface area (Å²) in [5.74, 6) is 0.538. The fraction of sp³-hybridized carbons (Fsp3) is 0. The van der Waals surface area contributed by atoms with Crippen LogP contribution in [0.4, 0.5) is 0 Å². The first-order valence-corrected chi connectivity index (χ1v) is 6.46. The third-order valence-electron chi connectivity index (χ3n) is 3.09. The van der Waals surface area contributed by atoms with Gasteiger partial charge in [-0.3, -0.25) is 9.97 Å². The van der Waals surface area contributed by atoms with E-state index in [1.165, 1.54) is 0 Å². The predicted molar refractivity (Wildman–Crippen MR) is 78.1 cm³/mol. The van der Waals surface area contributed by atoms with Crippen LogP contribution in [-0.2, 0) is 0 Å². The molecule has 0 amide bonds. The Kier molecular flexibility index (Phi) is 2.64. The smallest absolute Gasteiger partial charge is 0.181 e. The van der Waals surface area contributed by atoms with Gasteiger partial charge >= 0.3 is 0 Å². The lowest BCUT2D eigenvalue weighted by Crippen LogP contribution is -1.97. The van der Waals surface area contributed by atoms with Gasteiger partial charge in [-0.25, -0.2) is 15.0 Å². The zero-order valence-electron chi connectivity index (χ0n) is 10.9. The van der Waals surface area contributed by atoms with E-state index in [1.807, 2.05) is 36.4 Å². The van der Waals surface area contributed by atoms with Gasteiger partial charge in [-0.05, 0) is 24.3 Å². The third-order valence-corrected chi connectivity index (χ3v) is 3.09. The van der Waals surface area contributed by atoms with E-state index in [1.54, 1.807) is 18.7 Å². The molecule has 0 aliphatic rings. The lowest BCUT2D eigenvalue weighted by molar-refractivity contribution is 1.15. The lowest BCUT2D eigenvalue weighted by atomic mass is 10.2. The molecular weight excluding hydrogens is 264 g/mol. The second-order valence-electron chi connectivity index (χ2n) is 4.43. The first-order chi connectivity index (χ1) is 10.4. The van der Waals surface area contributed by atoms with E-state index < -0.39 is 0 Å². The number of imidazole rings is 1. The molecule has 0 atom stereocenters. The van der Waals surface area contributed by atoms with Crippen LogP contribution in [0.2, 0.25) is 0 Å². The van der Waals surface area contributed by atoms with E-state index in [0.29, 0.717) is 17.2 Å². The SMILES string of the molecule is c1ccc(-c2nc(-c3ccccn3)c3[nH]cnc3n2)nc1. The number of fused-ring (bicyclic) bond motifs is 1. The van der Waals surface area contributed by atoms with E-state index >= 15 is 0 Å². The zero-order valence-corrected chi connectivity index (χ0v) is 10.9. The molecule has 100 valence electrons. The second-order valence-corrected chi connectivity index (χ2v) is 4.43. The molecule has 4 rings (SSSR count). The van der Waals surface area contributed by atoms with Gasteiger partial charge in [0.15, 0.2) is 11.5 Å². The average Bonchev–Trinajstić information content (AvgIpc) is 3.04. The fourth-order valence-electron chi connectivity index (χ4n) is 2.13. The highest BCUT2D eigenvalue weighted by molar-refractivity contribution is 5.87. The summed E-state index contributed by atoms with van der Waals surface area (Å²) in [7, 11) is 0. The molecule has 0 bridgehead atoms. The average molecular weight is 274 g/mol. The lowest BCUT2D eigenvalue weighted by Gasteiger charge is -2.04. The number of hydrogen-bond acceptors (Lipinski definition) is 5. The summed E-state index contributed by atoms with van der Waals surface area (Å²) in [5, 5.41) is 0. The zero-order chi connectivity index (χ0) is 14.1. The normalized spacial score (nSPS) is 10.9. The highest BCUT2D eigenvalue weighted by Crippen LogP contribution is 2.24. The van der Waals surface area contributed by atoms with Crippen molar-refractivity contribution in [3.8, 4) is 22.9 Å². The van der Waals surface area contributed by atoms with Gasteiger partial charge in [0, 0.05) is 12.4 Å². The molecular formula is C15H10N6. The topological polar surface area (TPSA) is 80.2 Å². The number of rotatable bonds is 2. The van der Waals surface area contributed by atoms with Gasteiger partial charge in [-0.1, -0.05) is 12.1 Å². The van der Waals surface area contributed by atoms with E-state index in [9.17, 15) is 0 Å². The van der Waals surface area contributed by atoms with Crippen molar-refractivity contribution in [2.45, 2.75) is 0 Å². The Morgan fingerprint density at radius 1 is 0.762 bits per heavy atom. The van der Waals surface area contributed by atoms with Gasteiger partial charge in [0.2, 0.25) is 0 Å². The molecule has 0 radical (unpaired) electrons. The Bertz CT molecular complexity index is 886. The molecule has 0 saturated heterocycles. The molecule has 21 heavy (non-hydrogen) atoms. The van der Waals surface area contributed by atoms with Crippen molar-refractivity contribution in [3.63, 3.8) is 0 Å². The van der Waals surface area contributed by atoms with Crippen LogP contribution in [0.5, 0.6) is 0 Å². The van der Waals surface area contributed by atoms with Crippen LogP contribution in [0.1, 0.15) is 0 Å². The number of pyridine rings is 2. The van der Waals surface area contributed by atoms with Crippen molar-refractivity contribution in [1.82, 2.24) is 29.9 Å². The van der Waals surface area contributed by atoms with Crippen LogP contribution in [0, 0.1) is 0 Å². The van der Waals surface area contributed by atoms with Crippen LogP contribution < -0.4 is 0 Å². The number of hydrogen-bond donors (Lipinski definition) is 1. The predicted octanol–water partition coefficient (Wildman–Crippen LogP) is 2.48. The molecule has 4 heterocycles. The van der Waals surface area contributed by atoms with Crippen molar-refractivity contribution in [1.29, 1.82) is 0 Å². The van der Waals surface area contributed by atoms with Crippen molar-refractivity contribution in [3.05, 3.63) is 55.1 Å². The van der Waals surface area contributed by atoms with Gasteiger partial charge in [0.05, 0.1) is 12.0 Å². The maximum atomic E-state index is 4.61. The van der Waals surface area contributed by atoms with E-state index in [-0.39, 0.29) is 0 Å². The standard InChI is InChI=1S/C15H10N6/c1-3-7-16-10(5-1)12-13-15(19-9-18-13)21-14(20-12)11-6-2-4-8-17-11/h1-9H,(H,18,19,20,21). The van der Waals surface area contributed by atoms with Crippen molar-refractivity contribution in [2.24, 2.45) is 0 Å². The molecule has 0 aromatic carbocycles. The number of H-pyrrole nitrogens is 1. The van der Waals surface area contributed by atoms with Crippen molar-refractivity contribution >= 4 is 11.2 Å². The first kappa shape index (κ1) is 11.7. The second kappa shape index (κ2) is 4.75. The Morgan fingerprint density at radius 2 is 1.52 bits per heavy atom. The maximum absolute atomic E-state index is 4.61. The Morgan fingerprint density at radius 3 is 2.24 bits per heavy atom. The molecule has 0 saturated carbocycles. The molecule has 4 aromatic heterocycles. The fourth-order valence-corrected chi connectivity index (χ4v) is 2.13. The number of nitrogens with zero attached hydrogens (tertiary/aromatic N) is 5. The van der Waals surface area contributed by atoms with E-state index in [2.05, 4.69) is 29.9 Å². The van der Waals surface area contributed by atoms with E-state index in [4.69, 9.17) is 0 Å². The Labute approximate surface area is 120 Å². The highest BCUT2D eigenvalue weighted by Gasteiger charge is 2.14.